The number of carboxylic acid groups (broad SMARTS) is 1. The summed E-state index contributed by atoms with van der Waals surface area (Å²) in [5.74, 6) is -0.769. The van der Waals surface area contributed by atoms with Gasteiger partial charge in [-0.05, 0) is 25.5 Å². The maximum atomic E-state index is 12.1. The molecule has 1 fully saturated rings. The number of rotatable bonds is 6. The van der Waals surface area contributed by atoms with Crippen LogP contribution in [0.15, 0.2) is 0 Å². The van der Waals surface area contributed by atoms with Crippen LogP contribution in [-0.2, 0) is 4.79 Å². The van der Waals surface area contributed by atoms with Crippen LogP contribution in [0.3, 0.4) is 0 Å². The van der Waals surface area contributed by atoms with E-state index < -0.39 is 11.4 Å². The quantitative estimate of drug-likeness (QED) is 0.790. The summed E-state index contributed by atoms with van der Waals surface area (Å²) in [6.45, 7) is 5.64. The van der Waals surface area contributed by atoms with Gasteiger partial charge in [0.2, 0.25) is 0 Å². The number of carbonyl (C=O) groups is 2. The van der Waals surface area contributed by atoms with Gasteiger partial charge in [0.05, 0.1) is 5.41 Å². The lowest BCUT2D eigenvalue weighted by molar-refractivity contribution is -0.152. The van der Waals surface area contributed by atoms with Gasteiger partial charge >= 0.3 is 12.0 Å². The van der Waals surface area contributed by atoms with Crippen molar-refractivity contribution in [2.75, 3.05) is 25.9 Å². The average molecular weight is 302 g/mol. The molecule has 0 aromatic carbocycles. The fourth-order valence-corrected chi connectivity index (χ4v) is 2.95. The number of hydrogen-bond donors (Lipinski definition) is 2. The highest BCUT2D eigenvalue weighted by Crippen LogP contribution is 2.35. The van der Waals surface area contributed by atoms with E-state index in [1.165, 1.54) is 0 Å². The van der Waals surface area contributed by atoms with Gasteiger partial charge in [0, 0.05) is 24.9 Å². The molecule has 0 saturated carbocycles. The largest absolute Gasteiger partial charge is 0.481 e. The number of amides is 2. The van der Waals surface area contributed by atoms with Crippen LogP contribution in [0, 0.1) is 5.41 Å². The number of hydrogen-bond acceptors (Lipinski definition) is 3. The second kappa shape index (κ2) is 7.76. The molecule has 2 unspecified atom stereocenters. The second-order valence-corrected chi connectivity index (χ2v) is 6.87. The van der Waals surface area contributed by atoms with Crippen molar-refractivity contribution < 1.29 is 14.7 Å². The van der Waals surface area contributed by atoms with Crippen molar-refractivity contribution in [2.45, 2.75) is 44.8 Å². The zero-order valence-corrected chi connectivity index (χ0v) is 13.5. The van der Waals surface area contributed by atoms with Crippen LogP contribution in [0.2, 0.25) is 0 Å². The van der Waals surface area contributed by atoms with E-state index in [0.29, 0.717) is 37.7 Å². The lowest BCUT2D eigenvalue weighted by Crippen LogP contribution is -2.53. The highest BCUT2D eigenvalue weighted by Gasteiger charge is 2.42. The van der Waals surface area contributed by atoms with E-state index in [1.807, 2.05) is 13.2 Å². The fourth-order valence-electron chi connectivity index (χ4n) is 2.70. The number of piperidine rings is 1. The molecule has 1 saturated heterocycles. The Bertz CT molecular complexity index is 347. The van der Waals surface area contributed by atoms with Crippen LogP contribution in [0.5, 0.6) is 0 Å². The molecule has 0 spiro atoms. The molecule has 6 heteroatoms. The van der Waals surface area contributed by atoms with E-state index in [2.05, 4.69) is 12.2 Å². The van der Waals surface area contributed by atoms with E-state index in [1.54, 1.807) is 16.7 Å². The first-order chi connectivity index (χ1) is 9.45. The smallest absolute Gasteiger partial charge is 0.317 e. The Kier molecular flexibility index (Phi) is 6.65. The lowest BCUT2D eigenvalue weighted by atomic mass is 9.76. The molecule has 0 radical (unpaired) electrons. The summed E-state index contributed by atoms with van der Waals surface area (Å²) in [5.41, 5.74) is -0.755. The molecule has 0 aromatic heterocycles. The summed E-state index contributed by atoms with van der Waals surface area (Å²) in [5, 5.41) is 12.8. The minimum absolute atomic E-state index is 0.132. The zero-order chi connectivity index (χ0) is 15.2. The number of carboxylic acids is 1. The number of aliphatic carboxylic acids is 1. The van der Waals surface area contributed by atoms with Crippen molar-refractivity contribution in [3.05, 3.63) is 0 Å². The predicted octanol–water partition coefficient (Wildman–Crippen LogP) is 2.41. The molecule has 0 bridgehead atoms. The number of likely N-dealkylation sites (tertiary alicyclic amines) is 1. The van der Waals surface area contributed by atoms with Gasteiger partial charge in [0.25, 0.3) is 0 Å². The van der Waals surface area contributed by atoms with Crippen molar-refractivity contribution in [1.29, 1.82) is 0 Å². The molecule has 2 atom stereocenters. The van der Waals surface area contributed by atoms with Crippen molar-refractivity contribution in [1.82, 2.24) is 10.2 Å². The van der Waals surface area contributed by atoms with E-state index in [9.17, 15) is 14.7 Å². The minimum Gasteiger partial charge on any atom is -0.481 e. The number of urea groups is 1. The third kappa shape index (κ3) is 4.30. The molecular formula is C14H26N2O3S. The topological polar surface area (TPSA) is 69.6 Å². The maximum Gasteiger partial charge on any atom is 0.317 e. The van der Waals surface area contributed by atoms with Crippen LogP contribution >= 0.6 is 11.8 Å². The molecule has 1 aliphatic rings. The lowest BCUT2D eigenvalue weighted by Gasteiger charge is -2.39. The molecule has 1 heterocycles. The number of thioether (sulfide) groups is 1. The Morgan fingerprint density at radius 3 is 2.75 bits per heavy atom. The number of nitrogens with one attached hydrogen (secondary N) is 1. The van der Waals surface area contributed by atoms with Gasteiger partial charge < -0.3 is 15.3 Å². The zero-order valence-electron chi connectivity index (χ0n) is 12.6. The Balaban J connectivity index is 2.63. The van der Waals surface area contributed by atoms with Gasteiger partial charge in [-0.1, -0.05) is 20.3 Å². The Morgan fingerprint density at radius 1 is 1.50 bits per heavy atom. The molecule has 2 N–H and O–H groups in total. The highest BCUT2D eigenvalue weighted by molar-refractivity contribution is 7.99. The third-order valence-electron chi connectivity index (χ3n) is 3.99. The van der Waals surface area contributed by atoms with Crippen LogP contribution in [0.25, 0.3) is 0 Å². The summed E-state index contributed by atoms with van der Waals surface area (Å²) in [6.07, 6.45) is 4.89. The van der Waals surface area contributed by atoms with E-state index >= 15 is 0 Å². The first-order valence-electron chi connectivity index (χ1n) is 7.24. The predicted molar refractivity (Wildman–Crippen MR) is 82.2 cm³/mol. The molecular weight excluding hydrogens is 276 g/mol. The van der Waals surface area contributed by atoms with E-state index in [4.69, 9.17) is 0 Å². The van der Waals surface area contributed by atoms with Crippen LogP contribution in [0.1, 0.15) is 39.5 Å². The second-order valence-electron chi connectivity index (χ2n) is 5.59. The van der Waals surface area contributed by atoms with Crippen molar-refractivity contribution >= 4 is 23.8 Å². The molecule has 0 aliphatic carbocycles. The standard InChI is InChI=1S/C14H26N2O3S/c1-4-6-14(12(17)18)7-5-8-16(10-14)13(19)15-9-11(2)20-3/h11H,4-10H2,1-3H3,(H,15,19)(H,17,18). The SMILES string of the molecule is CCCC1(C(=O)O)CCCN(C(=O)NCC(C)SC)C1. The fraction of sp³-hybridized carbons (Fsp3) is 0.857. The van der Waals surface area contributed by atoms with E-state index in [0.717, 1.165) is 12.8 Å². The normalized spacial score (nSPS) is 24.2. The third-order valence-corrected chi connectivity index (χ3v) is 4.96. The van der Waals surface area contributed by atoms with Gasteiger partial charge in [-0.15, -0.1) is 0 Å². The summed E-state index contributed by atoms with van der Waals surface area (Å²) in [7, 11) is 0. The molecule has 20 heavy (non-hydrogen) atoms. The number of nitrogens with zero attached hydrogens (tertiary/aromatic N) is 1. The van der Waals surface area contributed by atoms with E-state index in [-0.39, 0.29) is 6.03 Å². The Hall–Kier alpha value is -0.910. The Morgan fingerprint density at radius 2 is 2.20 bits per heavy atom. The van der Waals surface area contributed by atoms with Crippen LogP contribution in [0.4, 0.5) is 4.79 Å². The van der Waals surface area contributed by atoms with Gasteiger partial charge in [0.15, 0.2) is 0 Å². The van der Waals surface area contributed by atoms with Crippen LogP contribution in [-0.4, -0.2) is 53.1 Å². The summed E-state index contributed by atoms with van der Waals surface area (Å²) < 4.78 is 0. The maximum absolute atomic E-state index is 12.1. The highest BCUT2D eigenvalue weighted by atomic mass is 32.2. The first kappa shape index (κ1) is 17.1. The summed E-state index contributed by atoms with van der Waals surface area (Å²) in [6, 6.07) is -0.132. The minimum atomic E-state index is -0.769. The van der Waals surface area contributed by atoms with Crippen molar-refractivity contribution in [2.24, 2.45) is 5.41 Å². The van der Waals surface area contributed by atoms with Crippen molar-refractivity contribution in [3.63, 3.8) is 0 Å². The molecule has 0 aromatic rings. The van der Waals surface area contributed by atoms with Crippen LogP contribution < -0.4 is 5.32 Å². The number of carbonyl (C=O) groups excluding carboxylic acids is 1. The Labute approximate surface area is 125 Å². The van der Waals surface area contributed by atoms with Gasteiger partial charge in [0.1, 0.15) is 0 Å². The molecule has 2 amide bonds. The van der Waals surface area contributed by atoms with Crippen molar-refractivity contribution in [3.8, 4) is 0 Å². The van der Waals surface area contributed by atoms with Gasteiger partial charge in [-0.3, -0.25) is 4.79 Å². The summed E-state index contributed by atoms with van der Waals surface area (Å²) in [4.78, 5) is 25.4. The molecule has 1 rings (SSSR count). The monoisotopic (exact) mass is 302 g/mol. The molecule has 5 nitrogen and oxygen atoms in total. The molecule has 116 valence electrons. The van der Waals surface area contributed by atoms with Gasteiger partial charge in [-0.25, -0.2) is 4.79 Å². The molecule has 1 aliphatic heterocycles. The van der Waals surface area contributed by atoms with Gasteiger partial charge in [-0.2, -0.15) is 11.8 Å². The average Bonchev–Trinajstić information content (AvgIpc) is 2.44. The summed E-state index contributed by atoms with van der Waals surface area (Å²) >= 11 is 1.70. The first-order valence-corrected chi connectivity index (χ1v) is 8.53.